The number of likely N-dealkylation sites (N-methyl/N-ethyl adjacent to an activating group) is 1. The van der Waals surface area contributed by atoms with Gasteiger partial charge in [-0.05, 0) is 57.3 Å². The number of hydrogen-bond acceptors (Lipinski definition) is 5. The minimum atomic E-state index is 0.288. The number of halogens is 1. The molecule has 0 bridgehead atoms. The van der Waals surface area contributed by atoms with E-state index in [1.54, 1.807) is 6.20 Å². The molecule has 1 fully saturated rings. The van der Waals surface area contributed by atoms with E-state index in [0.717, 1.165) is 55.7 Å². The molecule has 0 amide bonds. The summed E-state index contributed by atoms with van der Waals surface area (Å²) in [6.07, 6.45) is 2.79. The lowest BCUT2D eigenvalue weighted by molar-refractivity contribution is 0.261. The summed E-state index contributed by atoms with van der Waals surface area (Å²) in [5, 5.41) is 7.60. The Balaban J connectivity index is 1.56. The summed E-state index contributed by atoms with van der Waals surface area (Å²) in [6, 6.07) is 12.2. The molecule has 1 atom stereocenters. The summed E-state index contributed by atoms with van der Waals surface area (Å²) in [6.45, 7) is 6.79. The lowest BCUT2D eigenvalue weighted by Gasteiger charge is -2.20. The number of anilines is 1. The molecule has 1 aromatic carbocycles. The molecule has 0 spiro atoms. The molecule has 0 radical (unpaired) electrons. The first-order chi connectivity index (χ1) is 15.0. The predicted octanol–water partition coefficient (Wildman–Crippen LogP) is 3.01. The summed E-state index contributed by atoms with van der Waals surface area (Å²) >= 11 is 6.31. The quantitative estimate of drug-likeness (QED) is 0.458. The van der Waals surface area contributed by atoms with Gasteiger partial charge in [0.25, 0.3) is 0 Å². The van der Waals surface area contributed by atoms with E-state index in [4.69, 9.17) is 21.3 Å². The maximum absolute atomic E-state index is 6.31. The van der Waals surface area contributed by atoms with Crippen LogP contribution in [0.2, 0.25) is 5.02 Å². The third-order valence-corrected chi connectivity index (χ3v) is 5.33. The van der Waals surface area contributed by atoms with Gasteiger partial charge in [-0.2, -0.15) is 0 Å². The number of pyridine rings is 1. The van der Waals surface area contributed by atoms with E-state index in [2.05, 4.69) is 44.5 Å². The zero-order chi connectivity index (χ0) is 22.1. The highest BCUT2D eigenvalue weighted by Crippen LogP contribution is 2.25. The van der Waals surface area contributed by atoms with E-state index in [9.17, 15) is 0 Å². The van der Waals surface area contributed by atoms with Gasteiger partial charge in [0.1, 0.15) is 18.2 Å². The second kappa shape index (κ2) is 11.8. The van der Waals surface area contributed by atoms with Gasteiger partial charge < -0.3 is 25.2 Å². The molecule has 3 rings (SSSR count). The van der Waals surface area contributed by atoms with Crippen LogP contribution in [-0.2, 0) is 6.54 Å². The summed E-state index contributed by atoms with van der Waals surface area (Å²) in [4.78, 5) is 13.5. The molecule has 8 heteroatoms. The van der Waals surface area contributed by atoms with E-state index < -0.39 is 0 Å². The Morgan fingerprint density at radius 3 is 2.97 bits per heavy atom. The Morgan fingerprint density at radius 1 is 1.32 bits per heavy atom. The zero-order valence-electron chi connectivity index (χ0n) is 18.6. The van der Waals surface area contributed by atoms with Crippen molar-refractivity contribution in [2.75, 3.05) is 51.8 Å². The molecule has 1 aliphatic heterocycles. The number of benzene rings is 1. The Kier molecular flexibility index (Phi) is 8.79. The van der Waals surface area contributed by atoms with Crippen LogP contribution in [0.3, 0.4) is 0 Å². The Bertz CT molecular complexity index is 859. The van der Waals surface area contributed by atoms with E-state index in [-0.39, 0.29) is 6.04 Å². The molecule has 1 unspecified atom stereocenters. The molecule has 2 aromatic rings. The van der Waals surface area contributed by atoms with Crippen molar-refractivity contribution in [2.45, 2.75) is 25.9 Å². The molecular weight excluding hydrogens is 412 g/mol. The summed E-state index contributed by atoms with van der Waals surface area (Å²) < 4.78 is 5.84. The van der Waals surface area contributed by atoms with Crippen LogP contribution >= 0.6 is 11.6 Å². The third kappa shape index (κ3) is 7.29. The maximum Gasteiger partial charge on any atom is 0.191 e. The first kappa shape index (κ1) is 23.2. The van der Waals surface area contributed by atoms with E-state index in [0.29, 0.717) is 18.2 Å². The van der Waals surface area contributed by atoms with Gasteiger partial charge in [-0.1, -0.05) is 23.7 Å². The van der Waals surface area contributed by atoms with Crippen molar-refractivity contribution in [1.29, 1.82) is 0 Å². The number of nitrogens with one attached hydrogen (secondary N) is 2. The predicted molar refractivity (Wildman–Crippen MR) is 128 cm³/mol. The van der Waals surface area contributed by atoms with Crippen molar-refractivity contribution in [2.24, 2.45) is 4.99 Å². The maximum atomic E-state index is 6.31. The smallest absolute Gasteiger partial charge is 0.191 e. The molecule has 168 valence electrons. The molecule has 2 heterocycles. The minimum absolute atomic E-state index is 0.288. The van der Waals surface area contributed by atoms with Crippen molar-refractivity contribution >= 4 is 23.4 Å². The summed E-state index contributed by atoms with van der Waals surface area (Å²) in [7, 11) is 4.08. The van der Waals surface area contributed by atoms with Gasteiger partial charge >= 0.3 is 0 Å². The highest BCUT2D eigenvalue weighted by molar-refractivity contribution is 6.32. The van der Waals surface area contributed by atoms with Gasteiger partial charge in [-0.15, -0.1) is 0 Å². The van der Waals surface area contributed by atoms with Crippen molar-refractivity contribution in [3.8, 4) is 5.75 Å². The van der Waals surface area contributed by atoms with Crippen molar-refractivity contribution in [3.05, 3.63) is 53.2 Å². The Morgan fingerprint density at radius 2 is 2.19 bits per heavy atom. The average Bonchev–Trinajstić information content (AvgIpc) is 3.21. The fourth-order valence-electron chi connectivity index (χ4n) is 3.44. The molecule has 1 saturated heterocycles. The zero-order valence-corrected chi connectivity index (χ0v) is 19.4. The van der Waals surface area contributed by atoms with Gasteiger partial charge in [0.2, 0.25) is 0 Å². The highest BCUT2D eigenvalue weighted by Gasteiger charge is 2.25. The third-order valence-electron chi connectivity index (χ3n) is 5.04. The lowest BCUT2D eigenvalue weighted by Crippen LogP contribution is -2.44. The van der Waals surface area contributed by atoms with Gasteiger partial charge in [0.05, 0.1) is 11.6 Å². The van der Waals surface area contributed by atoms with Crippen LogP contribution in [0, 0.1) is 0 Å². The number of hydrogen-bond donors (Lipinski definition) is 2. The average molecular weight is 445 g/mol. The van der Waals surface area contributed by atoms with Gasteiger partial charge in [0, 0.05) is 38.4 Å². The first-order valence-corrected chi connectivity index (χ1v) is 11.2. The second-order valence-corrected chi connectivity index (χ2v) is 8.29. The van der Waals surface area contributed by atoms with Crippen LogP contribution in [0.5, 0.6) is 5.75 Å². The van der Waals surface area contributed by atoms with Crippen LogP contribution in [0.25, 0.3) is 0 Å². The van der Waals surface area contributed by atoms with Gasteiger partial charge in [-0.3, -0.25) is 0 Å². The van der Waals surface area contributed by atoms with Crippen molar-refractivity contribution in [3.63, 3.8) is 0 Å². The molecule has 1 aromatic heterocycles. The van der Waals surface area contributed by atoms with Gasteiger partial charge in [-0.25, -0.2) is 9.98 Å². The minimum Gasteiger partial charge on any atom is -0.492 e. The molecular formula is C23H33ClN6O. The number of rotatable bonds is 9. The highest BCUT2D eigenvalue weighted by atomic mass is 35.5. The van der Waals surface area contributed by atoms with E-state index in [1.165, 1.54) is 0 Å². The first-order valence-electron chi connectivity index (χ1n) is 10.8. The Hall–Kier alpha value is -2.51. The number of aliphatic imine (C=N–C) groups is 1. The van der Waals surface area contributed by atoms with Crippen LogP contribution in [0.15, 0.2) is 47.6 Å². The monoisotopic (exact) mass is 444 g/mol. The largest absolute Gasteiger partial charge is 0.492 e. The lowest BCUT2D eigenvalue weighted by atomic mass is 10.2. The molecule has 2 N–H and O–H groups in total. The van der Waals surface area contributed by atoms with E-state index in [1.807, 2.05) is 38.4 Å². The van der Waals surface area contributed by atoms with Crippen LogP contribution in [-0.4, -0.2) is 68.8 Å². The Labute approximate surface area is 190 Å². The van der Waals surface area contributed by atoms with Crippen LogP contribution in [0.1, 0.15) is 18.9 Å². The standard InChI is InChI=1S/C23H33ClN6O/c1-4-25-23(27-16-18-7-5-8-20(15-18)31-14-13-29(2)3)28-19-10-12-30(17-19)22-21(24)9-6-11-26-22/h5-9,11,15,19H,4,10,12-14,16-17H2,1-3H3,(H2,25,27,28). The number of nitrogens with zero attached hydrogens (tertiary/aromatic N) is 4. The summed E-state index contributed by atoms with van der Waals surface area (Å²) in [5.41, 5.74) is 1.12. The molecule has 7 nitrogen and oxygen atoms in total. The number of aromatic nitrogens is 1. The molecule has 0 saturated carbocycles. The number of guanidine groups is 1. The van der Waals surface area contributed by atoms with Crippen molar-refractivity contribution in [1.82, 2.24) is 20.5 Å². The molecule has 1 aliphatic rings. The van der Waals surface area contributed by atoms with Crippen LogP contribution < -0.4 is 20.3 Å². The second-order valence-electron chi connectivity index (χ2n) is 7.88. The molecule has 31 heavy (non-hydrogen) atoms. The molecule has 0 aliphatic carbocycles. The number of ether oxygens (including phenoxy) is 1. The topological polar surface area (TPSA) is 65.0 Å². The summed E-state index contributed by atoms with van der Waals surface area (Å²) in [5.74, 6) is 2.55. The van der Waals surface area contributed by atoms with Crippen molar-refractivity contribution < 1.29 is 4.74 Å². The van der Waals surface area contributed by atoms with E-state index >= 15 is 0 Å². The van der Waals surface area contributed by atoms with Crippen LogP contribution in [0.4, 0.5) is 5.82 Å². The van der Waals surface area contributed by atoms with Gasteiger partial charge in [0.15, 0.2) is 5.96 Å². The fraction of sp³-hybridized carbons (Fsp3) is 0.478. The normalized spacial score (nSPS) is 16.6. The fourth-order valence-corrected chi connectivity index (χ4v) is 3.68. The SMILES string of the molecule is CCNC(=NCc1cccc(OCCN(C)C)c1)NC1CCN(c2ncccc2Cl)C1.